The molecule has 1 aromatic heterocycles. The summed E-state index contributed by atoms with van der Waals surface area (Å²) in [4.78, 5) is 8.03. The van der Waals surface area contributed by atoms with E-state index in [4.69, 9.17) is 0 Å². The van der Waals surface area contributed by atoms with Gasteiger partial charge in [-0.25, -0.2) is 0 Å². The van der Waals surface area contributed by atoms with E-state index < -0.39 is 0 Å². The summed E-state index contributed by atoms with van der Waals surface area (Å²) in [6, 6.07) is 4.22. The highest BCUT2D eigenvalue weighted by atomic mass is 127. The Labute approximate surface area is 149 Å². The molecule has 1 saturated heterocycles. The van der Waals surface area contributed by atoms with Crippen molar-refractivity contribution < 1.29 is 0 Å². The first kappa shape index (κ1) is 18.7. The molecule has 0 saturated carbocycles. The smallest absolute Gasteiger partial charge is 0.191 e. The molecule has 4 nitrogen and oxygen atoms in total. The number of piperidine rings is 1. The van der Waals surface area contributed by atoms with E-state index >= 15 is 0 Å². The molecule has 2 heterocycles. The van der Waals surface area contributed by atoms with Gasteiger partial charge in [0.1, 0.15) is 0 Å². The predicted octanol–water partition coefficient (Wildman–Crippen LogP) is 2.76. The summed E-state index contributed by atoms with van der Waals surface area (Å²) in [6.07, 6.45) is 3.91. The lowest BCUT2D eigenvalue weighted by Crippen LogP contribution is -2.38. The number of halogens is 1. The van der Waals surface area contributed by atoms with Crippen LogP contribution in [0.1, 0.15) is 24.1 Å². The number of guanidine groups is 1. The lowest BCUT2D eigenvalue weighted by Gasteiger charge is -2.29. The van der Waals surface area contributed by atoms with Crippen molar-refractivity contribution in [1.29, 1.82) is 0 Å². The molecule has 0 amide bonds. The minimum Gasteiger partial charge on any atom is -0.356 e. The predicted molar refractivity (Wildman–Crippen MR) is 103 cm³/mol. The van der Waals surface area contributed by atoms with E-state index in [-0.39, 0.29) is 24.0 Å². The Bertz CT molecular complexity index is 400. The van der Waals surface area contributed by atoms with E-state index in [1.54, 1.807) is 11.3 Å². The topological polar surface area (TPSA) is 39.7 Å². The van der Waals surface area contributed by atoms with Crippen LogP contribution in [0.3, 0.4) is 0 Å². The minimum atomic E-state index is 0. The zero-order valence-electron chi connectivity index (χ0n) is 13.0. The summed E-state index contributed by atoms with van der Waals surface area (Å²) in [5.74, 6) is 1.78. The number of thiophene rings is 1. The second-order valence-electron chi connectivity index (χ2n) is 5.47. The Morgan fingerprint density at radius 1 is 1.38 bits per heavy atom. The van der Waals surface area contributed by atoms with Crippen molar-refractivity contribution in [3.8, 4) is 0 Å². The molecule has 1 fully saturated rings. The van der Waals surface area contributed by atoms with Gasteiger partial charge in [0.05, 0.1) is 6.54 Å². The molecule has 21 heavy (non-hydrogen) atoms. The second-order valence-corrected chi connectivity index (χ2v) is 6.50. The van der Waals surface area contributed by atoms with Gasteiger partial charge in [-0.05, 0) is 56.8 Å². The standard InChI is InChI=1S/C15H26N4S.HI/c1-16-15(18-12-14-4-3-11-20-14)17-8-5-13-6-9-19(2)10-7-13;/h3-4,11,13H,5-10,12H2,1-2H3,(H2,16,17,18);1H. The van der Waals surface area contributed by atoms with E-state index in [1.807, 2.05) is 7.05 Å². The van der Waals surface area contributed by atoms with Gasteiger partial charge in [0.25, 0.3) is 0 Å². The monoisotopic (exact) mass is 422 g/mol. The van der Waals surface area contributed by atoms with Crippen molar-refractivity contribution in [2.75, 3.05) is 33.7 Å². The van der Waals surface area contributed by atoms with Gasteiger partial charge >= 0.3 is 0 Å². The summed E-state index contributed by atoms with van der Waals surface area (Å²) in [6.45, 7) is 4.36. The lowest BCUT2D eigenvalue weighted by molar-refractivity contribution is 0.213. The Morgan fingerprint density at radius 2 is 2.14 bits per heavy atom. The van der Waals surface area contributed by atoms with Gasteiger partial charge in [0.15, 0.2) is 5.96 Å². The maximum Gasteiger partial charge on any atom is 0.191 e. The highest BCUT2D eigenvalue weighted by molar-refractivity contribution is 14.0. The van der Waals surface area contributed by atoms with Crippen molar-refractivity contribution in [3.63, 3.8) is 0 Å². The van der Waals surface area contributed by atoms with Gasteiger partial charge in [-0.2, -0.15) is 0 Å². The summed E-state index contributed by atoms with van der Waals surface area (Å²) >= 11 is 1.77. The largest absolute Gasteiger partial charge is 0.356 e. The first-order valence-electron chi connectivity index (χ1n) is 7.43. The Balaban J connectivity index is 0.00000220. The van der Waals surface area contributed by atoms with Crippen LogP contribution in [0.25, 0.3) is 0 Å². The first-order chi connectivity index (χ1) is 9.78. The number of nitrogens with zero attached hydrogens (tertiary/aromatic N) is 2. The van der Waals surface area contributed by atoms with Crippen molar-refractivity contribution in [2.45, 2.75) is 25.8 Å². The Morgan fingerprint density at radius 3 is 2.76 bits per heavy atom. The highest BCUT2D eigenvalue weighted by Crippen LogP contribution is 2.18. The number of rotatable bonds is 5. The van der Waals surface area contributed by atoms with Gasteiger partial charge in [-0.3, -0.25) is 4.99 Å². The van der Waals surface area contributed by atoms with Crippen LogP contribution in [-0.2, 0) is 6.54 Å². The van der Waals surface area contributed by atoms with Gasteiger partial charge in [-0.1, -0.05) is 6.07 Å². The summed E-state index contributed by atoms with van der Waals surface area (Å²) in [5.41, 5.74) is 0. The molecule has 1 aliphatic heterocycles. The number of hydrogen-bond donors (Lipinski definition) is 2. The molecule has 1 aliphatic rings. The number of nitrogens with one attached hydrogen (secondary N) is 2. The fraction of sp³-hybridized carbons (Fsp3) is 0.667. The molecule has 2 N–H and O–H groups in total. The lowest BCUT2D eigenvalue weighted by atomic mass is 9.94. The first-order valence-corrected chi connectivity index (χ1v) is 8.31. The molecule has 1 aromatic rings. The number of hydrogen-bond acceptors (Lipinski definition) is 3. The molecule has 0 bridgehead atoms. The molecule has 0 aromatic carbocycles. The molecule has 0 atom stereocenters. The zero-order chi connectivity index (χ0) is 14.2. The van der Waals surface area contributed by atoms with Crippen molar-refractivity contribution in [1.82, 2.24) is 15.5 Å². The van der Waals surface area contributed by atoms with Crippen LogP contribution >= 0.6 is 35.3 Å². The maximum atomic E-state index is 4.27. The van der Waals surface area contributed by atoms with Crippen LogP contribution in [0.15, 0.2) is 22.5 Å². The van der Waals surface area contributed by atoms with Gasteiger partial charge in [0.2, 0.25) is 0 Å². The van der Waals surface area contributed by atoms with Crippen LogP contribution in [-0.4, -0.2) is 44.6 Å². The summed E-state index contributed by atoms with van der Waals surface area (Å²) in [5, 5.41) is 8.88. The molecular weight excluding hydrogens is 395 g/mol. The normalized spacial score (nSPS) is 17.3. The van der Waals surface area contributed by atoms with E-state index in [9.17, 15) is 0 Å². The highest BCUT2D eigenvalue weighted by Gasteiger charge is 2.16. The molecule has 120 valence electrons. The Kier molecular flexibility index (Phi) is 9.26. The minimum absolute atomic E-state index is 0. The van der Waals surface area contributed by atoms with Crippen LogP contribution in [0.4, 0.5) is 0 Å². The average Bonchev–Trinajstić information content (AvgIpc) is 2.98. The fourth-order valence-electron chi connectivity index (χ4n) is 2.55. The van der Waals surface area contributed by atoms with E-state index in [0.717, 1.165) is 25.0 Å². The Hall–Kier alpha value is -0.340. The van der Waals surface area contributed by atoms with Crippen molar-refractivity contribution in [3.05, 3.63) is 22.4 Å². The van der Waals surface area contributed by atoms with Crippen LogP contribution in [0.5, 0.6) is 0 Å². The van der Waals surface area contributed by atoms with Gasteiger partial charge in [-0.15, -0.1) is 35.3 Å². The number of likely N-dealkylation sites (tertiary alicyclic amines) is 1. The molecule has 0 spiro atoms. The molecular formula is C15H27IN4S. The molecule has 2 rings (SSSR count). The molecule has 0 unspecified atom stereocenters. The summed E-state index contributed by atoms with van der Waals surface area (Å²) in [7, 11) is 4.05. The molecule has 6 heteroatoms. The SMILES string of the molecule is CN=C(NCCC1CCN(C)CC1)NCc1cccs1.I. The van der Waals surface area contributed by atoms with E-state index in [2.05, 4.69) is 45.1 Å². The molecule has 0 aliphatic carbocycles. The van der Waals surface area contributed by atoms with Crippen LogP contribution in [0.2, 0.25) is 0 Å². The third-order valence-electron chi connectivity index (χ3n) is 3.92. The van der Waals surface area contributed by atoms with E-state index in [0.29, 0.717) is 0 Å². The zero-order valence-corrected chi connectivity index (χ0v) is 16.1. The fourth-order valence-corrected chi connectivity index (χ4v) is 3.19. The van der Waals surface area contributed by atoms with Gasteiger partial charge in [0, 0.05) is 18.5 Å². The van der Waals surface area contributed by atoms with Crippen molar-refractivity contribution in [2.24, 2.45) is 10.9 Å². The summed E-state index contributed by atoms with van der Waals surface area (Å²) < 4.78 is 0. The van der Waals surface area contributed by atoms with Crippen molar-refractivity contribution >= 4 is 41.3 Å². The maximum absolute atomic E-state index is 4.27. The third-order valence-corrected chi connectivity index (χ3v) is 4.79. The molecule has 0 radical (unpaired) electrons. The van der Waals surface area contributed by atoms with E-state index in [1.165, 1.54) is 37.2 Å². The van der Waals surface area contributed by atoms with Crippen LogP contribution in [0, 0.1) is 5.92 Å². The van der Waals surface area contributed by atoms with Crippen LogP contribution < -0.4 is 10.6 Å². The second kappa shape index (κ2) is 10.4. The quantitative estimate of drug-likeness (QED) is 0.436. The third kappa shape index (κ3) is 6.97. The number of aliphatic imine (C=N–C) groups is 1. The van der Waals surface area contributed by atoms with Gasteiger partial charge < -0.3 is 15.5 Å². The average molecular weight is 422 g/mol.